The van der Waals surface area contributed by atoms with E-state index in [1.165, 1.54) is 29.7 Å². The number of thioether (sulfide) groups is 1. The molecule has 0 aliphatic carbocycles. The van der Waals surface area contributed by atoms with E-state index in [4.69, 9.17) is 0 Å². The van der Waals surface area contributed by atoms with Gasteiger partial charge in [-0.15, -0.1) is 0 Å². The van der Waals surface area contributed by atoms with E-state index in [2.05, 4.69) is 69.0 Å². The lowest BCUT2D eigenvalue weighted by Crippen LogP contribution is -2.31. The van der Waals surface area contributed by atoms with Gasteiger partial charge in [-0.05, 0) is 36.8 Å². The third kappa shape index (κ3) is 4.54. The molecule has 3 unspecified atom stereocenters. The van der Waals surface area contributed by atoms with Gasteiger partial charge in [0.05, 0.1) is 0 Å². The summed E-state index contributed by atoms with van der Waals surface area (Å²) >= 11 is 2.09. The Balaban J connectivity index is 1.90. The molecule has 1 aliphatic rings. The molecule has 1 fully saturated rings. The molecule has 1 saturated heterocycles. The number of rotatable bonds is 5. The van der Waals surface area contributed by atoms with Gasteiger partial charge in [0.2, 0.25) is 0 Å². The van der Waals surface area contributed by atoms with Crippen molar-refractivity contribution in [2.45, 2.75) is 57.9 Å². The van der Waals surface area contributed by atoms with Gasteiger partial charge in [0.15, 0.2) is 0 Å². The van der Waals surface area contributed by atoms with E-state index in [0.29, 0.717) is 12.1 Å². The Morgan fingerprint density at radius 3 is 2.42 bits per heavy atom. The Morgan fingerprint density at radius 2 is 1.89 bits per heavy atom. The van der Waals surface area contributed by atoms with Gasteiger partial charge in [-0.1, -0.05) is 45.0 Å². The van der Waals surface area contributed by atoms with Crippen molar-refractivity contribution >= 4 is 11.8 Å². The van der Waals surface area contributed by atoms with E-state index in [1.54, 1.807) is 0 Å². The smallest absolute Gasteiger partial charge is 0.0294 e. The van der Waals surface area contributed by atoms with Crippen molar-refractivity contribution in [3.8, 4) is 0 Å². The van der Waals surface area contributed by atoms with Crippen LogP contribution in [0.5, 0.6) is 0 Å². The normalized spacial score (nSPS) is 24.9. The molecule has 19 heavy (non-hydrogen) atoms. The molecule has 0 spiro atoms. The Bertz CT molecular complexity index is 385. The van der Waals surface area contributed by atoms with E-state index in [-0.39, 0.29) is 0 Å². The molecule has 1 aromatic rings. The first-order chi connectivity index (χ1) is 9.04. The molecule has 0 aromatic heterocycles. The standard InChI is InChI=1S/C17H27NS/c1-12(2)9-15-5-7-16(8-6-15)14(4)18-17-10-13(3)19-11-17/h5-8,12-14,17-18H,9-11H2,1-4H3. The maximum Gasteiger partial charge on any atom is 0.0294 e. The molecule has 2 heteroatoms. The minimum atomic E-state index is 0.462. The van der Waals surface area contributed by atoms with Crippen LogP contribution in [-0.2, 0) is 6.42 Å². The average Bonchev–Trinajstić information content (AvgIpc) is 2.75. The molecular formula is C17H27NS. The molecular weight excluding hydrogens is 250 g/mol. The first-order valence-corrected chi connectivity index (χ1v) is 8.56. The highest BCUT2D eigenvalue weighted by atomic mass is 32.2. The zero-order chi connectivity index (χ0) is 13.8. The van der Waals surface area contributed by atoms with Crippen molar-refractivity contribution in [1.29, 1.82) is 0 Å². The molecule has 0 saturated carbocycles. The summed E-state index contributed by atoms with van der Waals surface area (Å²) in [4.78, 5) is 0. The van der Waals surface area contributed by atoms with Crippen LogP contribution < -0.4 is 5.32 Å². The lowest BCUT2D eigenvalue weighted by atomic mass is 9.99. The quantitative estimate of drug-likeness (QED) is 0.854. The van der Waals surface area contributed by atoms with Crippen LogP contribution in [0.3, 0.4) is 0 Å². The van der Waals surface area contributed by atoms with Crippen LogP contribution in [0, 0.1) is 5.92 Å². The molecule has 0 radical (unpaired) electrons. The molecule has 1 N–H and O–H groups in total. The lowest BCUT2D eigenvalue weighted by Gasteiger charge is -2.19. The van der Waals surface area contributed by atoms with Gasteiger partial charge < -0.3 is 5.32 Å². The van der Waals surface area contributed by atoms with Gasteiger partial charge in [-0.2, -0.15) is 11.8 Å². The fourth-order valence-electron chi connectivity index (χ4n) is 2.80. The van der Waals surface area contributed by atoms with E-state index < -0.39 is 0 Å². The third-order valence-electron chi connectivity index (χ3n) is 3.81. The van der Waals surface area contributed by atoms with E-state index in [9.17, 15) is 0 Å². The fourth-order valence-corrected chi connectivity index (χ4v) is 3.96. The van der Waals surface area contributed by atoms with Crippen molar-refractivity contribution in [3.63, 3.8) is 0 Å². The summed E-state index contributed by atoms with van der Waals surface area (Å²) in [5, 5.41) is 4.58. The van der Waals surface area contributed by atoms with Crippen molar-refractivity contribution in [3.05, 3.63) is 35.4 Å². The maximum atomic E-state index is 3.76. The second kappa shape index (κ2) is 6.81. The zero-order valence-corrected chi connectivity index (χ0v) is 13.5. The van der Waals surface area contributed by atoms with Crippen molar-refractivity contribution in [1.82, 2.24) is 5.32 Å². The predicted molar refractivity (Wildman–Crippen MR) is 86.9 cm³/mol. The Morgan fingerprint density at radius 1 is 1.21 bits per heavy atom. The molecule has 3 atom stereocenters. The summed E-state index contributed by atoms with van der Waals surface area (Å²) in [5.41, 5.74) is 2.87. The van der Waals surface area contributed by atoms with Crippen LogP contribution in [0.25, 0.3) is 0 Å². The number of hydrogen-bond donors (Lipinski definition) is 1. The fraction of sp³-hybridized carbons (Fsp3) is 0.647. The van der Waals surface area contributed by atoms with Crippen molar-refractivity contribution in [2.75, 3.05) is 5.75 Å². The zero-order valence-electron chi connectivity index (χ0n) is 12.6. The lowest BCUT2D eigenvalue weighted by molar-refractivity contribution is 0.474. The third-order valence-corrected chi connectivity index (χ3v) is 5.16. The Hall–Kier alpha value is -0.470. The SMILES string of the molecule is CC(C)Cc1ccc(C(C)NC2CSC(C)C2)cc1. The van der Waals surface area contributed by atoms with Crippen LogP contribution in [0.2, 0.25) is 0 Å². The number of nitrogens with one attached hydrogen (secondary N) is 1. The molecule has 1 nitrogen and oxygen atoms in total. The molecule has 0 amide bonds. The van der Waals surface area contributed by atoms with E-state index >= 15 is 0 Å². The van der Waals surface area contributed by atoms with E-state index in [1.807, 2.05) is 0 Å². The molecule has 1 heterocycles. The summed E-state index contributed by atoms with van der Waals surface area (Å²) in [7, 11) is 0. The van der Waals surface area contributed by atoms with Crippen molar-refractivity contribution < 1.29 is 0 Å². The highest BCUT2D eigenvalue weighted by Crippen LogP contribution is 2.27. The topological polar surface area (TPSA) is 12.0 Å². The minimum Gasteiger partial charge on any atom is -0.307 e. The van der Waals surface area contributed by atoms with Gasteiger partial charge in [0.1, 0.15) is 0 Å². The number of benzene rings is 1. The predicted octanol–water partition coefficient (Wildman–Crippen LogP) is 4.43. The van der Waals surface area contributed by atoms with Crippen LogP contribution in [0.4, 0.5) is 0 Å². The maximum absolute atomic E-state index is 3.76. The first kappa shape index (κ1) is 14.9. The van der Waals surface area contributed by atoms with Crippen LogP contribution in [-0.4, -0.2) is 17.0 Å². The Labute approximate surface area is 122 Å². The van der Waals surface area contributed by atoms with Crippen molar-refractivity contribution in [2.24, 2.45) is 5.92 Å². The molecule has 1 aromatic carbocycles. The number of hydrogen-bond acceptors (Lipinski definition) is 2. The molecule has 106 valence electrons. The van der Waals surface area contributed by atoms with E-state index in [0.717, 1.165) is 11.2 Å². The van der Waals surface area contributed by atoms with Gasteiger partial charge in [-0.3, -0.25) is 0 Å². The molecule has 1 aliphatic heterocycles. The van der Waals surface area contributed by atoms with Gasteiger partial charge >= 0.3 is 0 Å². The van der Waals surface area contributed by atoms with Gasteiger partial charge in [0, 0.05) is 23.1 Å². The second-order valence-corrected chi connectivity index (χ2v) is 7.78. The second-order valence-electron chi connectivity index (χ2n) is 6.30. The first-order valence-electron chi connectivity index (χ1n) is 7.51. The average molecular weight is 277 g/mol. The molecule has 0 bridgehead atoms. The summed E-state index contributed by atoms with van der Waals surface area (Å²) < 4.78 is 0. The minimum absolute atomic E-state index is 0.462. The highest BCUT2D eigenvalue weighted by molar-refractivity contribution is 8.00. The highest BCUT2D eigenvalue weighted by Gasteiger charge is 2.23. The summed E-state index contributed by atoms with van der Waals surface area (Å²) in [5.74, 6) is 2.00. The summed E-state index contributed by atoms with van der Waals surface area (Å²) in [6.07, 6.45) is 2.49. The summed E-state index contributed by atoms with van der Waals surface area (Å²) in [6, 6.07) is 10.3. The van der Waals surface area contributed by atoms with Crippen LogP contribution in [0.15, 0.2) is 24.3 Å². The largest absolute Gasteiger partial charge is 0.307 e. The van der Waals surface area contributed by atoms with Crippen LogP contribution >= 0.6 is 11.8 Å². The monoisotopic (exact) mass is 277 g/mol. The van der Waals surface area contributed by atoms with Gasteiger partial charge in [-0.25, -0.2) is 0 Å². The van der Waals surface area contributed by atoms with Gasteiger partial charge in [0.25, 0.3) is 0 Å². The molecule has 2 rings (SSSR count). The summed E-state index contributed by atoms with van der Waals surface area (Å²) in [6.45, 7) is 9.16. The Kier molecular flexibility index (Phi) is 5.35. The van der Waals surface area contributed by atoms with Crippen LogP contribution in [0.1, 0.15) is 51.3 Å².